The Kier molecular flexibility index (Phi) is 3.12. The van der Waals surface area contributed by atoms with Gasteiger partial charge < -0.3 is 14.4 Å². The molecule has 2 fully saturated rings. The van der Waals surface area contributed by atoms with Gasteiger partial charge in [-0.25, -0.2) is 0 Å². The fraction of sp³-hybridized carbons (Fsp3) is 0.643. The highest BCUT2D eigenvalue weighted by atomic mass is 16.3. The lowest BCUT2D eigenvalue weighted by molar-refractivity contribution is 0.0503. The largest absolute Gasteiger partial charge is 0.459 e. The summed E-state index contributed by atoms with van der Waals surface area (Å²) < 4.78 is 5.19. The van der Waals surface area contributed by atoms with Gasteiger partial charge in [-0.1, -0.05) is 6.42 Å². The van der Waals surface area contributed by atoms with Gasteiger partial charge in [-0.2, -0.15) is 0 Å². The normalized spacial score (nSPS) is 32.1. The van der Waals surface area contributed by atoms with Crippen molar-refractivity contribution in [1.82, 2.24) is 4.90 Å². The van der Waals surface area contributed by atoms with E-state index in [4.69, 9.17) is 4.42 Å². The number of furan rings is 1. The summed E-state index contributed by atoms with van der Waals surface area (Å²) >= 11 is 0. The first-order chi connectivity index (χ1) is 8.77. The van der Waals surface area contributed by atoms with Crippen molar-refractivity contribution in [2.24, 2.45) is 5.92 Å². The van der Waals surface area contributed by atoms with E-state index in [1.807, 2.05) is 4.90 Å². The molecule has 1 N–H and O–H groups in total. The quantitative estimate of drug-likeness (QED) is 0.872. The molecule has 1 amide bonds. The van der Waals surface area contributed by atoms with Crippen molar-refractivity contribution < 1.29 is 14.3 Å². The van der Waals surface area contributed by atoms with E-state index in [9.17, 15) is 9.90 Å². The molecule has 2 aliphatic rings. The summed E-state index contributed by atoms with van der Waals surface area (Å²) in [5.74, 6) is 0.641. The maximum absolute atomic E-state index is 12.3. The van der Waals surface area contributed by atoms with Gasteiger partial charge in [-0.15, -0.1) is 0 Å². The van der Waals surface area contributed by atoms with Crippen molar-refractivity contribution in [3.05, 3.63) is 24.2 Å². The first kappa shape index (κ1) is 11.8. The number of carbonyl (C=O) groups excluding carboxylic acids is 1. The zero-order valence-corrected chi connectivity index (χ0v) is 10.4. The summed E-state index contributed by atoms with van der Waals surface area (Å²) in [6.45, 7) is 0.785. The van der Waals surface area contributed by atoms with Crippen LogP contribution < -0.4 is 0 Å². The summed E-state index contributed by atoms with van der Waals surface area (Å²) in [4.78, 5) is 14.2. The van der Waals surface area contributed by atoms with E-state index >= 15 is 0 Å². The summed E-state index contributed by atoms with van der Waals surface area (Å²) in [5.41, 5.74) is 0. The second-order valence-corrected chi connectivity index (χ2v) is 5.35. The molecular weight excluding hydrogens is 230 g/mol. The molecule has 3 atom stereocenters. The third-order valence-corrected chi connectivity index (χ3v) is 4.32. The number of amides is 1. The topological polar surface area (TPSA) is 53.7 Å². The van der Waals surface area contributed by atoms with Gasteiger partial charge in [0.25, 0.3) is 5.91 Å². The highest BCUT2D eigenvalue weighted by Gasteiger charge is 2.40. The molecule has 1 aliphatic heterocycles. The van der Waals surface area contributed by atoms with Gasteiger partial charge in [-0.05, 0) is 37.8 Å². The van der Waals surface area contributed by atoms with Gasteiger partial charge in [-0.3, -0.25) is 4.79 Å². The molecule has 0 spiro atoms. The van der Waals surface area contributed by atoms with Crippen LogP contribution in [-0.4, -0.2) is 34.6 Å². The third kappa shape index (κ3) is 1.94. The Balaban J connectivity index is 1.77. The van der Waals surface area contributed by atoms with Gasteiger partial charge in [0.2, 0.25) is 0 Å². The Morgan fingerprint density at radius 2 is 2.22 bits per heavy atom. The monoisotopic (exact) mass is 249 g/mol. The van der Waals surface area contributed by atoms with Gasteiger partial charge in [0, 0.05) is 18.5 Å². The molecule has 4 heteroatoms. The minimum atomic E-state index is -0.236. The number of likely N-dealkylation sites (tertiary alicyclic amines) is 1. The molecule has 0 radical (unpaired) electrons. The Bertz CT molecular complexity index is 415. The van der Waals surface area contributed by atoms with E-state index in [0.29, 0.717) is 5.76 Å². The Morgan fingerprint density at radius 1 is 1.33 bits per heavy atom. The van der Waals surface area contributed by atoms with Crippen LogP contribution in [0.2, 0.25) is 0 Å². The highest BCUT2D eigenvalue weighted by molar-refractivity contribution is 5.91. The van der Waals surface area contributed by atoms with E-state index in [0.717, 1.165) is 38.6 Å². The maximum Gasteiger partial charge on any atom is 0.289 e. The first-order valence-corrected chi connectivity index (χ1v) is 6.80. The molecule has 1 saturated carbocycles. The van der Waals surface area contributed by atoms with Crippen molar-refractivity contribution in [3.8, 4) is 0 Å². The second kappa shape index (κ2) is 4.76. The highest BCUT2D eigenvalue weighted by Crippen LogP contribution is 2.36. The van der Waals surface area contributed by atoms with Crippen molar-refractivity contribution >= 4 is 5.91 Å². The lowest BCUT2D eigenvalue weighted by Crippen LogP contribution is -2.42. The summed E-state index contributed by atoms with van der Waals surface area (Å²) in [6, 6.07) is 3.64. The molecule has 3 rings (SSSR count). The second-order valence-electron chi connectivity index (χ2n) is 5.35. The third-order valence-electron chi connectivity index (χ3n) is 4.32. The molecule has 1 saturated heterocycles. The lowest BCUT2D eigenvalue weighted by Gasteiger charge is -2.30. The van der Waals surface area contributed by atoms with Crippen LogP contribution in [0, 0.1) is 5.92 Å². The predicted molar refractivity (Wildman–Crippen MR) is 66.1 cm³/mol. The molecule has 0 bridgehead atoms. The van der Waals surface area contributed by atoms with E-state index < -0.39 is 0 Å². The van der Waals surface area contributed by atoms with Crippen molar-refractivity contribution in [2.45, 2.75) is 44.2 Å². The van der Waals surface area contributed by atoms with Gasteiger partial charge in [0.15, 0.2) is 5.76 Å². The van der Waals surface area contributed by atoms with Crippen LogP contribution >= 0.6 is 0 Å². The SMILES string of the molecule is O=C(c1ccco1)N1CCCC1C1CCCC1O. The van der Waals surface area contributed by atoms with Crippen LogP contribution in [0.25, 0.3) is 0 Å². The molecule has 1 aromatic rings. The van der Waals surface area contributed by atoms with E-state index in [-0.39, 0.29) is 24.0 Å². The molecule has 18 heavy (non-hydrogen) atoms. The number of nitrogens with zero attached hydrogens (tertiary/aromatic N) is 1. The van der Waals surface area contributed by atoms with Crippen molar-refractivity contribution in [3.63, 3.8) is 0 Å². The molecule has 1 aromatic heterocycles. The summed E-state index contributed by atoms with van der Waals surface area (Å²) in [5, 5.41) is 10.0. The van der Waals surface area contributed by atoms with E-state index in [1.54, 1.807) is 12.1 Å². The number of hydrogen-bond donors (Lipinski definition) is 1. The molecular formula is C14H19NO3. The number of carbonyl (C=O) groups is 1. The summed E-state index contributed by atoms with van der Waals surface area (Å²) in [6.07, 6.45) is 6.32. The average Bonchev–Trinajstić information content (AvgIpc) is 3.09. The van der Waals surface area contributed by atoms with Crippen LogP contribution in [0.15, 0.2) is 22.8 Å². The van der Waals surface area contributed by atoms with E-state index in [1.165, 1.54) is 6.26 Å². The number of hydrogen-bond acceptors (Lipinski definition) is 3. The Hall–Kier alpha value is -1.29. The van der Waals surface area contributed by atoms with Crippen LogP contribution in [0.1, 0.15) is 42.7 Å². The Labute approximate surface area is 107 Å². The minimum Gasteiger partial charge on any atom is -0.459 e. The molecule has 2 heterocycles. The van der Waals surface area contributed by atoms with Gasteiger partial charge in [0.05, 0.1) is 12.4 Å². The molecule has 0 aromatic carbocycles. The number of rotatable bonds is 2. The molecule has 1 aliphatic carbocycles. The summed E-state index contributed by atoms with van der Waals surface area (Å²) in [7, 11) is 0. The van der Waals surface area contributed by atoms with Crippen LogP contribution in [0.4, 0.5) is 0 Å². The molecule has 4 nitrogen and oxygen atoms in total. The number of aliphatic hydroxyl groups is 1. The van der Waals surface area contributed by atoms with Crippen molar-refractivity contribution in [2.75, 3.05) is 6.54 Å². The molecule has 98 valence electrons. The van der Waals surface area contributed by atoms with Crippen LogP contribution in [0.3, 0.4) is 0 Å². The first-order valence-electron chi connectivity index (χ1n) is 6.80. The predicted octanol–water partition coefficient (Wildman–Crippen LogP) is 2.05. The fourth-order valence-corrected chi connectivity index (χ4v) is 3.45. The van der Waals surface area contributed by atoms with Gasteiger partial charge in [0.1, 0.15) is 0 Å². The van der Waals surface area contributed by atoms with E-state index in [2.05, 4.69) is 0 Å². The smallest absolute Gasteiger partial charge is 0.289 e. The van der Waals surface area contributed by atoms with Gasteiger partial charge >= 0.3 is 0 Å². The fourth-order valence-electron chi connectivity index (χ4n) is 3.45. The maximum atomic E-state index is 12.3. The standard InChI is InChI=1S/C14H19NO3/c16-12-6-1-4-10(12)11-5-2-8-15(11)14(17)13-7-3-9-18-13/h3,7,9-12,16H,1-2,4-6,8H2. The van der Waals surface area contributed by atoms with Crippen LogP contribution in [-0.2, 0) is 0 Å². The zero-order chi connectivity index (χ0) is 12.5. The number of aliphatic hydroxyl groups excluding tert-OH is 1. The zero-order valence-electron chi connectivity index (χ0n) is 10.4. The molecule has 3 unspecified atom stereocenters. The minimum absolute atomic E-state index is 0.0263. The lowest BCUT2D eigenvalue weighted by atomic mass is 9.94. The van der Waals surface area contributed by atoms with Crippen molar-refractivity contribution in [1.29, 1.82) is 0 Å². The van der Waals surface area contributed by atoms with Crippen LogP contribution in [0.5, 0.6) is 0 Å². The average molecular weight is 249 g/mol. The Morgan fingerprint density at radius 3 is 2.89 bits per heavy atom.